The molecule has 3 saturated heterocycles. The summed E-state index contributed by atoms with van der Waals surface area (Å²) >= 11 is 0. The number of fused-ring (bicyclic) bond motifs is 5. The fourth-order valence-corrected chi connectivity index (χ4v) is 9.47. The third-order valence-electron chi connectivity index (χ3n) is 12.6. The average molecular weight is 797 g/mol. The number of nitrogens with one attached hydrogen (secondary N) is 2. The quantitative estimate of drug-likeness (QED) is 0.148. The molecular formula is C44H48N2O12. The standard InChI is InChI=1S/C44H48N2O12/c1-24(22-45-39(52)33(49)32(26-15-9-6-10-16-26)46-38(51)27-17-11-7-12-18-27)31-34-36(50)42(5)29(48)21-30-43(23-55-30,57-25(2)47)35(42)37(44(54,58-34)41(31,3)4)56-40(53)28-19-13-8-14-20-28/h6-20,29-30,32-35,37,48-49,54H,21-23H2,1-5H3,(H,45,52)(H,46,51)/b31-24-/t29-,30+,32-,33+,34+,35?,37?,42+,43-,44+/m0/s1. The van der Waals surface area contributed by atoms with Crippen LogP contribution in [0.25, 0.3) is 0 Å². The molecule has 58 heavy (non-hydrogen) atoms. The predicted molar refractivity (Wildman–Crippen MR) is 206 cm³/mol. The molecular weight excluding hydrogens is 748 g/mol. The molecule has 7 rings (SSSR count). The lowest BCUT2D eigenvalue weighted by Crippen LogP contribution is -2.79. The van der Waals surface area contributed by atoms with Crippen LogP contribution in [0, 0.1) is 16.7 Å². The lowest BCUT2D eigenvalue weighted by atomic mass is 9.49. The van der Waals surface area contributed by atoms with Crippen LogP contribution >= 0.6 is 0 Å². The summed E-state index contributed by atoms with van der Waals surface area (Å²) < 4.78 is 24.4. The number of hydrogen-bond donors (Lipinski definition) is 5. The van der Waals surface area contributed by atoms with E-state index in [0.717, 1.165) is 0 Å². The summed E-state index contributed by atoms with van der Waals surface area (Å²) in [6.45, 7) is 7.11. The molecule has 2 unspecified atom stereocenters. The van der Waals surface area contributed by atoms with Gasteiger partial charge in [0.05, 0.1) is 35.6 Å². The number of rotatable bonds is 10. The Labute approximate surface area is 335 Å². The Balaban J connectivity index is 1.24. The fourth-order valence-electron chi connectivity index (χ4n) is 9.47. The van der Waals surface area contributed by atoms with Crippen molar-refractivity contribution >= 4 is 29.5 Å². The van der Waals surface area contributed by atoms with Crippen LogP contribution in [0.15, 0.2) is 102 Å². The first-order chi connectivity index (χ1) is 27.5. The van der Waals surface area contributed by atoms with E-state index in [-0.39, 0.29) is 30.7 Å². The topological polar surface area (TPSA) is 207 Å². The number of Topliss-reactive ketones (excluding diaryl/α,β-unsaturated/α-hetero) is 1. The Morgan fingerprint density at radius 1 is 0.897 bits per heavy atom. The van der Waals surface area contributed by atoms with Gasteiger partial charge in [-0.1, -0.05) is 86.2 Å². The van der Waals surface area contributed by atoms with Crippen molar-refractivity contribution in [2.24, 2.45) is 16.7 Å². The van der Waals surface area contributed by atoms with Crippen LogP contribution < -0.4 is 10.6 Å². The first-order valence-electron chi connectivity index (χ1n) is 19.2. The van der Waals surface area contributed by atoms with Crippen molar-refractivity contribution in [1.29, 1.82) is 0 Å². The first-order valence-corrected chi connectivity index (χ1v) is 19.2. The lowest BCUT2D eigenvalue weighted by Gasteiger charge is -2.63. The number of carbonyl (C=O) groups excluding carboxylic acids is 5. The molecule has 3 heterocycles. The number of aliphatic hydroxyl groups is 3. The molecule has 3 aromatic carbocycles. The second kappa shape index (κ2) is 15.2. The number of benzene rings is 3. The largest absolute Gasteiger partial charge is 0.453 e. The summed E-state index contributed by atoms with van der Waals surface area (Å²) in [6.07, 6.45) is -7.38. The SMILES string of the molecule is CC(=O)O[C@@]12CO[C@@H]1C[C@H](O)[C@@]1(C)C(=O)[C@@H]3O[C@](O)(C(OC(=O)c4ccccc4)C12)C(C)(C)/C3=C(/C)CNC(=O)[C@H](O)[C@@H](NC(=O)c1ccccc1)c1ccccc1. The lowest BCUT2D eigenvalue weighted by molar-refractivity contribution is -0.356. The second-order valence-corrected chi connectivity index (χ2v) is 16.3. The van der Waals surface area contributed by atoms with E-state index in [2.05, 4.69) is 10.6 Å². The maximum Gasteiger partial charge on any atom is 0.338 e. The van der Waals surface area contributed by atoms with Gasteiger partial charge in [-0.2, -0.15) is 0 Å². The van der Waals surface area contributed by atoms with E-state index in [0.29, 0.717) is 16.7 Å². The molecule has 4 aliphatic rings. The number of ketones is 1. The molecule has 2 bridgehead atoms. The van der Waals surface area contributed by atoms with E-state index in [1.807, 2.05) is 0 Å². The van der Waals surface area contributed by atoms with Crippen molar-refractivity contribution < 1.29 is 58.2 Å². The Kier molecular flexibility index (Phi) is 10.7. The summed E-state index contributed by atoms with van der Waals surface area (Å²) in [5.74, 6) is -7.36. The molecule has 2 amide bonds. The number of aliphatic hydroxyl groups excluding tert-OH is 2. The van der Waals surface area contributed by atoms with Crippen molar-refractivity contribution in [3.63, 3.8) is 0 Å². The third-order valence-corrected chi connectivity index (χ3v) is 12.6. The van der Waals surface area contributed by atoms with Crippen LogP contribution in [0.4, 0.5) is 0 Å². The summed E-state index contributed by atoms with van der Waals surface area (Å²) in [7, 11) is 0. The first kappa shape index (κ1) is 40.9. The van der Waals surface area contributed by atoms with Gasteiger partial charge in [-0.05, 0) is 49.2 Å². The van der Waals surface area contributed by atoms with Crippen molar-refractivity contribution in [2.75, 3.05) is 13.2 Å². The number of carbonyl (C=O) groups is 5. The average Bonchev–Trinajstić information content (AvgIpc) is 3.39. The van der Waals surface area contributed by atoms with Crippen LogP contribution in [0.2, 0.25) is 0 Å². The van der Waals surface area contributed by atoms with Crippen LogP contribution in [-0.2, 0) is 33.3 Å². The molecule has 14 heteroatoms. The Bertz CT molecular complexity index is 2130. The molecule has 0 aromatic heterocycles. The monoisotopic (exact) mass is 796 g/mol. The molecule has 1 saturated carbocycles. The van der Waals surface area contributed by atoms with Crippen LogP contribution in [-0.4, -0.2) is 99.9 Å². The summed E-state index contributed by atoms with van der Waals surface area (Å²) in [5, 5.41) is 41.7. The Hall–Kier alpha value is -5.25. The van der Waals surface area contributed by atoms with Gasteiger partial charge in [-0.3, -0.25) is 19.2 Å². The number of ether oxygens (including phenoxy) is 4. The van der Waals surface area contributed by atoms with E-state index in [4.69, 9.17) is 18.9 Å². The molecule has 4 fully saturated rings. The Morgan fingerprint density at radius 3 is 2.05 bits per heavy atom. The molecule has 3 aromatic rings. The van der Waals surface area contributed by atoms with Crippen molar-refractivity contribution in [2.45, 2.75) is 89.0 Å². The molecule has 0 radical (unpaired) electrons. The third kappa shape index (κ3) is 6.52. The molecule has 306 valence electrons. The zero-order chi connectivity index (χ0) is 41.8. The van der Waals surface area contributed by atoms with Gasteiger partial charge in [-0.25, -0.2) is 4.79 Å². The van der Waals surface area contributed by atoms with E-state index in [1.165, 1.54) is 26.0 Å². The molecule has 1 aliphatic carbocycles. The predicted octanol–water partition coefficient (Wildman–Crippen LogP) is 2.96. The molecule has 10 atom stereocenters. The Morgan fingerprint density at radius 2 is 1.48 bits per heavy atom. The van der Waals surface area contributed by atoms with Crippen LogP contribution in [0.3, 0.4) is 0 Å². The number of amides is 2. The molecule has 0 spiro atoms. The highest BCUT2D eigenvalue weighted by molar-refractivity contribution is 5.96. The summed E-state index contributed by atoms with van der Waals surface area (Å²) in [4.78, 5) is 68.6. The summed E-state index contributed by atoms with van der Waals surface area (Å²) in [6, 6.07) is 23.8. The normalized spacial score (nSPS) is 32.5. The van der Waals surface area contributed by atoms with Crippen molar-refractivity contribution in [3.8, 4) is 0 Å². The fraction of sp³-hybridized carbons (Fsp3) is 0.432. The van der Waals surface area contributed by atoms with E-state index in [9.17, 15) is 34.5 Å². The van der Waals surface area contributed by atoms with Crippen LogP contribution in [0.5, 0.6) is 0 Å². The maximum absolute atomic E-state index is 15.1. The summed E-state index contributed by atoms with van der Waals surface area (Å²) in [5.41, 5.74) is -3.35. The zero-order valence-corrected chi connectivity index (χ0v) is 32.8. The van der Waals surface area contributed by atoms with E-state index < -0.39 is 94.2 Å². The van der Waals surface area contributed by atoms with E-state index >= 15 is 4.79 Å². The maximum atomic E-state index is 15.1. The van der Waals surface area contributed by atoms with Gasteiger partial charge >= 0.3 is 11.9 Å². The van der Waals surface area contributed by atoms with Crippen LogP contribution in [0.1, 0.15) is 73.4 Å². The van der Waals surface area contributed by atoms with Gasteiger partial charge < -0.3 is 44.9 Å². The van der Waals surface area contributed by atoms with Crippen molar-refractivity contribution in [3.05, 3.63) is 119 Å². The van der Waals surface area contributed by atoms with Gasteiger partial charge in [-0.15, -0.1) is 0 Å². The van der Waals surface area contributed by atoms with Gasteiger partial charge in [0.15, 0.2) is 23.6 Å². The highest BCUT2D eigenvalue weighted by Crippen LogP contribution is 2.65. The second-order valence-electron chi connectivity index (χ2n) is 16.3. The smallest absolute Gasteiger partial charge is 0.338 e. The number of hydrogen-bond acceptors (Lipinski definition) is 12. The molecule has 14 nitrogen and oxygen atoms in total. The zero-order valence-electron chi connectivity index (χ0n) is 32.8. The van der Waals surface area contributed by atoms with Gasteiger partial charge in [0.2, 0.25) is 5.79 Å². The minimum absolute atomic E-state index is 0.102. The van der Waals surface area contributed by atoms with Crippen molar-refractivity contribution in [1.82, 2.24) is 10.6 Å². The minimum atomic E-state index is -2.47. The minimum Gasteiger partial charge on any atom is -0.453 e. The molecule has 3 aliphatic heterocycles. The van der Waals surface area contributed by atoms with Gasteiger partial charge in [0, 0.05) is 30.9 Å². The van der Waals surface area contributed by atoms with E-state index in [1.54, 1.807) is 99.6 Å². The molecule has 5 N–H and O–H groups in total. The van der Waals surface area contributed by atoms with Gasteiger partial charge in [0.1, 0.15) is 12.2 Å². The number of esters is 2. The highest BCUT2D eigenvalue weighted by Gasteiger charge is 2.80. The van der Waals surface area contributed by atoms with Gasteiger partial charge in [0.25, 0.3) is 11.8 Å². The highest BCUT2D eigenvalue weighted by atomic mass is 16.7.